The van der Waals surface area contributed by atoms with Crippen LogP contribution in [0.15, 0.2) is 12.3 Å². The van der Waals surface area contributed by atoms with E-state index < -0.39 is 11.9 Å². The van der Waals surface area contributed by atoms with Crippen molar-refractivity contribution in [3.63, 3.8) is 0 Å². The predicted molar refractivity (Wildman–Crippen MR) is 75.2 cm³/mol. The number of aromatic nitrogens is 1. The Morgan fingerprint density at radius 2 is 2.26 bits per heavy atom. The van der Waals surface area contributed by atoms with Gasteiger partial charge in [-0.2, -0.15) is 0 Å². The number of nitrogens with two attached hydrogens (primary N) is 1. The molecule has 1 aliphatic carbocycles. The zero-order chi connectivity index (χ0) is 14.2. The van der Waals surface area contributed by atoms with Crippen molar-refractivity contribution < 1.29 is 9.90 Å². The summed E-state index contributed by atoms with van der Waals surface area (Å²) >= 11 is 5.97. The molecule has 0 spiro atoms. The van der Waals surface area contributed by atoms with E-state index in [-0.39, 0.29) is 11.3 Å². The number of hydrogen-bond donors (Lipinski definition) is 2. The van der Waals surface area contributed by atoms with E-state index in [1.54, 1.807) is 6.07 Å². The fraction of sp³-hybridized carbons (Fsp3) is 0.571. The zero-order valence-electron chi connectivity index (χ0n) is 11.2. The average molecular weight is 283 g/mol. The lowest BCUT2D eigenvalue weighted by molar-refractivity contribution is -0.144. The van der Waals surface area contributed by atoms with Gasteiger partial charge >= 0.3 is 5.97 Å². The van der Waals surface area contributed by atoms with Crippen LogP contribution in [-0.4, -0.2) is 16.1 Å². The Kier molecular flexibility index (Phi) is 3.72. The van der Waals surface area contributed by atoms with Gasteiger partial charge in [0.05, 0.1) is 10.9 Å². The Labute approximate surface area is 118 Å². The summed E-state index contributed by atoms with van der Waals surface area (Å²) in [5, 5.41) is 9.90. The molecule has 4 nitrogen and oxygen atoms in total. The molecule has 2 unspecified atom stereocenters. The number of anilines is 1. The van der Waals surface area contributed by atoms with Gasteiger partial charge in [-0.05, 0) is 36.3 Å². The second kappa shape index (κ2) is 5.00. The Morgan fingerprint density at radius 3 is 2.89 bits per heavy atom. The molecule has 1 aromatic heterocycles. The molecule has 2 rings (SSSR count). The van der Waals surface area contributed by atoms with E-state index in [4.69, 9.17) is 17.3 Å². The summed E-state index contributed by atoms with van der Waals surface area (Å²) in [6, 6.07) is 1.76. The first-order valence-corrected chi connectivity index (χ1v) is 6.82. The topological polar surface area (TPSA) is 76.2 Å². The van der Waals surface area contributed by atoms with Crippen molar-refractivity contribution in [1.29, 1.82) is 0 Å². The van der Waals surface area contributed by atoms with E-state index in [9.17, 15) is 9.90 Å². The number of pyridine rings is 1. The highest BCUT2D eigenvalue weighted by Gasteiger charge is 2.40. The minimum atomic E-state index is -0.764. The second-order valence-electron chi connectivity index (χ2n) is 6.09. The third-order valence-electron chi connectivity index (χ3n) is 4.02. The monoisotopic (exact) mass is 282 g/mol. The van der Waals surface area contributed by atoms with Crippen molar-refractivity contribution in [2.24, 2.45) is 11.3 Å². The Balaban J connectivity index is 2.41. The molecule has 0 bridgehead atoms. The number of carboxylic acids is 1. The van der Waals surface area contributed by atoms with Gasteiger partial charge in [0, 0.05) is 12.1 Å². The summed E-state index contributed by atoms with van der Waals surface area (Å²) in [6.45, 7) is 4.32. The van der Waals surface area contributed by atoms with Crippen molar-refractivity contribution in [3.05, 3.63) is 22.8 Å². The van der Waals surface area contributed by atoms with E-state index in [1.165, 1.54) is 6.20 Å². The zero-order valence-corrected chi connectivity index (χ0v) is 11.9. The van der Waals surface area contributed by atoms with Crippen LogP contribution >= 0.6 is 11.6 Å². The van der Waals surface area contributed by atoms with E-state index in [1.807, 2.05) is 0 Å². The molecule has 0 amide bonds. The number of nitrogen functional groups attached to an aromatic ring is 1. The van der Waals surface area contributed by atoms with Gasteiger partial charge in [0.1, 0.15) is 5.82 Å². The summed E-state index contributed by atoms with van der Waals surface area (Å²) < 4.78 is 0. The molecule has 1 saturated carbocycles. The van der Waals surface area contributed by atoms with Gasteiger partial charge in [-0.3, -0.25) is 4.79 Å². The first kappa shape index (κ1) is 14.1. The van der Waals surface area contributed by atoms with Gasteiger partial charge in [-0.15, -0.1) is 0 Å². The van der Waals surface area contributed by atoms with E-state index in [0.29, 0.717) is 17.3 Å². The quantitative estimate of drug-likeness (QED) is 0.872. The fourth-order valence-corrected chi connectivity index (χ4v) is 3.14. The molecular weight excluding hydrogens is 264 g/mol. The maximum absolute atomic E-state index is 11.5. The SMILES string of the molecule is CC1(C)CCC(C(=O)O)C(c2cc(Cl)cnc2N)C1. The number of carbonyl (C=O) groups is 1. The van der Waals surface area contributed by atoms with Gasteiger partial charge in [0.25, 0.3) is 0 Å². The van der Waals surface area contributed by atoms with E-state index >= 15 is 0 Å². The lowest BCUT2D eigenvalue weighted by Crippen LogP contribution is -2.33. The summed E-state index contributed by atoms with van der Waals surface area (Å²) in [4.78, 5) is 15.5. The summed E-state index contributed by atoms with van der Waals surface area (Å²) in [7, 11) is 0. The van der Waals surface area contributed by atoms with Crippen LogP contribution in [0.25, 0.3) is 0 Å². The lowest BCUT2D eigenvalue weighted by atomic mass is 9.65. The van der Waals surface area contributed by atoms with Crippen molar-refractivity contribution in [3.8, 4) is 0 Å². The normalized spacial score (nSPS) is 26.1. The highest BCUT2D eigenvalue weighted by atomic mass is 35.5. The first-order chi connectivity index (χ1) is 8.80. The molecule has 2 atom stereocenters. The average Bonchev–Trinajstić information content (AvgIpc) is 2.30. The lowest BCUT2D eigenvalue weighted by Gasteiger charge is -2.39. The third kappa shape index (κ3) is 3.00. The van der Waals surface area contributed by atoms with E-state index in [2.05, 4.69) is 18.8 Å². The van der Waals surface area contributed by atoms with Crippen molar-refractivity contribution in [2.75, 3.05) is 5.73 Å². The Bertz CT molecular complexity index is 502. The van der Waals surface area contributed by atoms with Crippen LogP contribution in [-0.2, 0) is 4.79 Å². The molecule has 0 saturated heterocycles. The molecule has 0 aliphatic heterocycles. The number of hydrogen-bond acceptors (Lipinski definition) is 3. The van der Waals surface area contributed by atoms with Gasteiger partial charge in [0.2, 0.25) is 0 Å². The molecule has 104 valence electrons. The maximum Gasteiger partial charge on any atom is 0.307 e. The maximum atomic E-state index is 11.5. The smallest absolute Gasteiger partial charge is 0.307 e. The molecule has 1 aliphatic rings. The third-order valence-corrected chi connectivity index (χ3v) is 4.23. The predicted octanol–water partition coefficient (Wildman–Crippen LogP) is 3.31. The Hall–Kier alpha value is -1.29. The molecular formula is C14H19ClN2O2. The first-order valence-electron chi connectivity index (χ1n) is 6.44. The number of halogens is 1. The Morgan fingerprint density at radius 1 is 1.58 bits per heavy atom. The fourth-order valence-electron chi connectivity index (χ4n) is 2.97. The highest BCUT2D eigenvalue weighted by molar-refractivity contribution is 6.30. The largest absolute Gasteiger partial charge is 0.481 e. The second-order valence-corrected chi connectivity index (χ2v) is 6.52. The number of carboxylic acid groups (broad SMARTS) is 1. The number of aliphatic carboxylic acids is 1. The molecule has 3 N–H and O–H groups in total. The molecule has 19 heavy (non-hydrogen) atoms. The molecule has 1 aromatic rings. The summed E-state index contributed by atoms with van der Waals surface area (Å²) in [6.07, 6.45) is 3.85. The molecule has 1 fully saturated rings. The van der Waals surface area contributed by atoms with Crippen LogP contribution in [0.3, 0.4) is 0 Å². The van der Waals surface area contributed by atoms with Crippen LogP contribution in [0, 0.1) is 11.3 Å². The van der Waals surface area contributed by atoms with Crippen LogP contribution in [0.2, 0.25) is 5.02 Å². The number of rotatable bonds is 2. The molecule has 0 radical (unpaired) electrons. The summed E-state index contributed by atoms with van der Waals surface area (Å²) in [5.41, 5.74) is 6.80. The van der Waals surface area contributed by atoms with Gasteiger partial charge in [-0.1, -0.05) is 25.4 Å². The molecule has 5 heteroatoms. The van der Waals surface area contributed by atoms with Gasteiger partial charge in [-0.25, -0.2) is 4.98 Å². The van der Waals surface area contributed by atoms with Crippen LogP contribution in [0.1, 0.15) is 44.6 Å². The summed E-state index contributed by atoms with van der Waals surface area (Å²) in [5.74, 6) is -0.902. The van der Waals surface area contributed by atoms with Crippen molar-refractivity contribution >= 4 is 23.4 Å². The van der Waals surface area contributed by atoms with E-state index in [0.717, 1.165) is 18.4 Å². The van der Waals surface area contributed by atoms with Crippen LogP contribution < -0.4 is 5.73 Å². The van der Waals surface area contributed by atoms with Crippen LogP contribution in [0.5, 0.6) is 0 Å². The van der Waals surface area contributed by atoms with Crippen LogP contribution in [0.4, 0.5) is 5.82 Å². The number of nitrogens with zero attached hydrogens (tertiary/aromatic N) is 1. The minimum absolute atomic E-state index is 0.116. The van der Waals surface area contributed by atoms with Crippen molar-refractivity contribution in [2.45, 2.75) is 39.0 Å². The molecule has 0 aromatic carbocycles. The minimum Gasteiger partial charge on any atom is -0.481 e. The van der Waals surface area contributed by atoms with Gasteiger partial charge in [0.15, 0.2) is 0 Å². The standard InChI is InChI=1S/C14H19ClN2O2/c1-14(2)4-3-9(13(18)19)11(6-14)10-5-8(15)7-17-12(10)16/h5,7,9,11H,3-4,6H2,1-2H3,(H2,16,17)(H,18,19). The van der Waals surface area contributed by atoms with Crippen molar-refractivity contribution in [1.82, 2.24) is 4.98 Å². The van der Waals surface area contributed by atoms with Gasteiger partial charge < -0.3 is 10.8 Å². The highest BCUT2D eigenvalue weighted by Crippen LogP contribution is 2.48. The molecule has 1 heterocycles.